The van der Waals surface area contributed by atoms with Crippen LogP contribution in [0, 0.1) is 11.3 Å². The molecule has 2 rings (SSSR count). The van der Waals surface area contributed by atoms with E-state index in [1.807, 2.05) is 18.7 Å². The predicted octanol–water partition coefficient (Wildman–Crippen LogP) is 3.59. The van der Waals surface area contributed by atoms with E-state index in [-0.39, 0.29) is 23.4 Å². The fraction of sp³-hybridized carbons (Fsp3) is 0.900. The molecule has 0 saturated carbocycles. The van der Waals surface area contributed by atoms with Gasteiger partial charge in [-0.15, -0.1) is 0 Å². The van der Waals surface area contributed by atoms with Crippen LogP contribution in [0.5, 0.6) is 0 Å². The van der Waals surface area contributed by atoms with Crippen LogP contribution in [0.2, 0.25) is 0 Å². The third-order valence-corrected chi connectivity index (χ3v) is 5.40. The Morgan fingerprint density at radius 1 is 1.04 bits per heavy atom. The number of hydrogen-bond donors (Lipinski definition) is 0. The molecule has 0 aromatic heterocycles. The Bertz CT molecular complexity index is 500. The number of urea groups is 1. The van der Waals surface area contributed by atoms with Gasteiger partial charge in [0.05, 0.1) is 0 Å². The van der Waals surface area contributed by atoms with Gasteiger partial charge in [-0.05, 0) is 44.4 Å². The van der Waals surface area contributed by atoms with Gasteiger partial charge in [-0.1, -0.05) is 34.6 Å². The van der Waals surface area contributed by atoms with Crippen LogP contribution in [0.1, 0.15) is 67.7 Å². The predicted molar refractivity (Wildman–Crippen MR) is 101 cm³/mol. The lowest BCUT2D eigenvalue weighted by molar-refractivity contribution is -0.136. The maximum atomic E-state index is 13.2. The topological polar surface area (TPSA) is 43.9 Å². The van der Waals surface area contributed by atoms with Gasteiger partial charge >= 0.3 is 6.03 Å². The summed E-state index contributed by atoms with van der Waals surface area (Å²) < 4.78 is 0. The third-order valence-electron chi connectivity index (χ3n) is 5.40. The Morgan fingerprint density at radius 2 is 1.60 bits per heavy atom. The molecule has 0 aromatic rings. The maximum Gasteiger partial charge on any atom is 0.327 e. The number of hydrogen-bond acceptors (Lipinski definition) is 3. The van der Waals surface area contributed by atoms with Gasteiger partial charge in [0.15, 0.2) is 0 Å². The molecule has 0 radical (unpaired) electrons. The van der Waals surface area contributed by atoms with Crippen molar-refractivity contribution in [1.29, 1.82) is 0 Å². The maximum absolute atomic E-state index is 13.2. The molecule has 2 heterocycles. The summed E-state index contributed by atoms with van der Waals surface area (Å²) in [6.07, 6.45) is 2.46. The van der Waals surface area contributed by atoms with Crippen LogP contribution in [0.4, 0.5) is 4.79 Å². The molecule has 0 aromatic carbocycles. The highest BCUT2D eigenvalue weighted by atomic mass is 16.2. The van der Waals surface area contributed by atoms with E-state index in [4.69, 9.17) is 0 Å². The van der Waals surface area contributed by atoms with Gasteiger partial charge in [-0.2, -0.15) is 0 Å². The van der Waals surface area contributed by atoms with E-state index in [9.17, 15) is 9.59 Å². The summed E-state index contributed by atoms with van der Waals surface area (Å²) in [4.78, 5) is 32.0. The molecule has 5 nitrogen and oxygen atoms in total. The number of carbonyl (C=O) groups is 2. The van der Waals surface area contributed by atoms with Crippen molar-refractivity contribution in [2.75, 3.05) is 26.2 Å². The highest BCUT2D eigenvalue weighted by Crippen LogP contribution is 2.39. The lowest BCUT2D eigenvalue weighted by Gasteiger charge is -2.43. The van der Waals surface area contributed by atoms with Crippen LogP contribution in [0.25, 0.3) is 0 Å². The number of nitrogens with zero attached hydrogens (tertiary/aromatic N) is 3. The second-order valence-corrected chi connectivity index (χ2v) is 9.75. The van der Waals surface area contributed by atoms with E-state index in [1.165, 1.54) is 4.90 Å². The molecule has 2 fully saturated rings. The van der Waals surface area contributed by atoms with E-state index < -0.39 is 5.54 Å². The van der Waals surface area contributed by atoms with Crippen LogP contribution < -0.4 is 0 Å². The first kappa shape index (κ1) is 20.2. The highest BCUT2D eigenvalue weighted by molar-refractivity contribution is 6.07. The number of rotatable bonds is 5. The molecule has 2 saturated heterocycles. The summed E-state index contributed by atoms with van der Waals surface area (Å²) >= 11 is 0. The van der Waals surface area contributed by atoms with E-state index in [1.54, 1.807) is 0 Å². The number of piperidine rings is 1. The van der Waals surface area contributed by atoms with Gasteiger partial charge in [0.2, 0.25) is 0 Å². The Labute approximate surface area is 153 Å². The molecule has 0 aliphatic carbocycles. The molecule has 144 valence electrons. The van der Waals surface area contributed by atoms with E-state index in [2.05, 4.69) is 39.5 Å². The average Bonchev–Trinajstić information content (AvgIpc) is 2.66. The van der Waals surface area contributed by atoms with Gasteiger partial charge in [0.1, 0.15) is 5.54 Å². The van der Waals surface area contributed by atoms with Gasteiger partial charge < -0.3 is 9.80 Å². The zero-order valence-corrected chi connectivity index (χ0v) is 17.3. The number of carbonyl (C=O) groups excluding carboxylic acids is 2. The second-order valence-electron chi connectivity index (χ2n) is 9.75. The third kappa shape index (κ3) is 4.18. The van der Waals surface area contributed by atoms with E-state index in [0.717, 1.165) is 38.9 Å². The molecular formula is C20H37N3O2. The van der Waals surface area contributed by atoms with Crippen molar-refractivity contribution in [2.45, 2.75) is 79.3 Å². The Hall–Kier alpha value is -1.10. The van der Waals surface area contributed by atoms with Gasteiger partial charge in [0, 0.05) is 32.2 Å². The molecule has 3 amide bonds. The summed E-state index contributed by atoms with van der Waals surface area (Å²) in [5, 5.41) is 0. The zero-order valence-electron chi connectivity index (χ0n) is 17.3. The lowest BCUT2D eigenvalue weighted by atomic mass is 9.84. The zero-order chi connectivity index (χ0) is 19.0. The molecule has 25 heavy (non-hydrogen) atoms. The summed E-state index contributed by atoms with van der Waals surface area (Å²) in [6.45, 7) is 18.4. The van der Waals surface area contributed by atoms with Crippen molar-refractivity contribution in [3.05, 3.63) is 0 Å². The van der Waals surface area contributed by atoms with Crippen molar-refractivity contribution in [2.24, 2.45) is 11.3 Å². The molecule has 0 bridgehead atoms. The van der Waals surface area contributed by atoms with Gasteiger partial charge in [0.25, 0.3) is 5.91 Å². The smallest absolute Gasteiger partial charge is 0.309 e. The number of likely N-dealkylation sites (tertiary alicyclic amines) is 1. The van der Waals surface area contributed by atoms with Crippen LogP contribution in [-0.2, 0) is 4.79 Å². The largest absolute Gasteiger partial charge is 0.327 e. The van der Waals surface area contributed by atoms with Gasteiger partial charge in [-0.3, -0.25) is 9.69 Å². The second kappa shape index (κ2) is 7.26. The SMILES string of the molecule is CC(C)CCN1C(=O)N(C(C)C)C(=O)C12CCN(CC(C)(C)C)CC2. The molecule has 5 heteroatoms. The molecular weight excluding hydrogens is 314 g/mol. The first-order valence-corrected chi connectivity index (χ1v) is 9.85. The van der Waals surface area contributed by atoms with Crippen molar-refractivity contribution >= 4 is 11.9 Å². The van der Waals surface area contributed by atoms with Crippen LogP contribution in [0.15, 0.2) is 0 Å². The van der Waals surface area contributed by atoms with Crippen LogP contribution in [-0.4, -0.2) is 64.4 Å². The van der Waals surface area contributed by atoms with Crippen LogP contribution >= 0.6 is 0 Å². The Balaban J connectivity index is 2.20. The van der Waals surface area contributed by atoms with Crippen molar-refractivity contribution in [3.8, 4) is 0 Å². The van der Waals surface area contributed by atoms with Crippen molar-refractivity contribution in [3.63, 3.8) is 0 Å². The minimum atomic E-state index is -0.607. The molecule has 2 aliphatic heterocycles. The molecule has 1 spiro atoms. The monoisotopic (exact) mass is 351 g/mol. The Morgan fingerprint density at radius 3 is 2.04 bits per heavy atom. The van der Waals surface area contributed by atoms with Gasteiger partial charge in [-0.25, -0.2) is 4.79 Å². The normalized spacial score (nSPS) is 22.1. The summed E-state index contributed by atoms with van der Waals surface area (Å²) in [7, 11) is 0. The molecule has 0 N–H and O–H groups in total. The lowest BCUT2D eigenvalue weighted by Crippen LogP contribution is -2.57. The summed E-state index contributed by atoms with van der Waals surface area (Å²) in [5.74, 6) is 0.556. The fourth-order valence-electron chi connectivity index (χ4n) is 4.13. The molecule has 0 atom stereocenters. The first-order valence-electron chi connectivity index (χ1n) is 9.85. The number of amides is 3. The first-order chi connectivity index (χ1) is 11.5. The molecule has 0 unspecified atom stereocenters. The van der Waals surface area contributed by atoms with E-state index >= 15 is 0 Å². The summed E-state index contributed by atoms with van der Waals surface area (Å²) in [5.41, 5.74) is -0.355. The minimum absolute atomic E-state index is 0.0339. The molecule has 2 aliphatic rings. The quantitative estimate of drug-likeness (QED) is 0.711. The Kier molecular flexibility index (Phi) is 5.87. The minimum Gasteiger partial charge on any atom is -0.309 e. The number of imide groups is 1. The fourth-order valence-corrected chi connectivity index (χ4v) is 4.13. The standard InChI is InChI=1S/C20H37N3O2/c1-15(2)8-11-22-18(25)23(16(3)4)17(24)20(22)9-12-21(13-10-20)14-19(5,6)7/h15-16H,8-14H2,1-7H3. The van der Waals surface area contributed by atoms with Crippen molar-refractivity contribution in [1.82, 2.24) is 14.7 Å². The summed E-state index contributed by atoms with van der Waals surface area (Å²) in [6, 6.07) is -0.154. The average molecular weight is 352 g/mol. The van der Waals surface area contributed by atoms with Crippen molar-refractivity contribution < 1.29 is 9.59 Å². The van der Waals surface area contributed by atoms with E-state index in [0.29, 0.717) is 12.5 Å². The highest BCUT2D eigenvalue weighted by Gasteiger charge is 2.58. The van der Waals surface area contributed by atoms with Crippen LogP contribution in [0.3, 0.4) is 0 Å².